The van der Waals surface area contributed by atoms with Gasteiger partial charge in [0.05, 0.1) is 12.7 Å². The minimum atomic E-state index is -1.92. The third-order valence-electron chi connectivity index (χ3n) is 6.87. The highest BCUT2D eigenvalue weighted by atomic mass is 28.4. The molecule has 2 aliphatic carbocycles. The molecule has 0 bridgehead atoms. The van der Waals surface area contributed by atoms with Crippen LogP contribution in [0.5, 0.6) is 0 Å². The first kappa shape index (κ1) is 21.1. The maximum absolute atomic E-state index is 10.5. The molecule has 0 amide bonds. The number of epoxide rings is 1. The van der Waals surface area contributed by atoms with E-state index in [2.05, 4.69) is 44.5 Å². The Kier molecular flexibility index (Phi) is 5.27. The van der Waals surface area contributed by atoms with E-state index in [0.717, 1.165) is 23.7 Å². The van der Waals surface area contributed by atoms with Crippen LogP contribution in [0.4, 0.5) is 0 Å². The van der Waals surface area contributed by atoms with E-state index >= 15 is 0 Å². The van der Waals surface area contributed by atoms with Gasteiger partial charge in [0.2, 0.25) is 0 Å². The van der Waals surface area contributed by atoms with Gasteiger partial charge in [-0.25, -0.2) is 0 Å². The summed E-state index contributed by atoms with van der Waals surface area (Å²) in [5.41, 5.74) is -0.530. The predicted molar refractivity (Wildman–Crippen MR) is 112 cm³/mol. The molecule has 158 valence electrons. The molecule has 0 unspecified atom stereocenters. The Morgan fingerprint density at radius 3 is 2.55 bits per heavy atom. The first-order valence-electron chi connectivity index (χ1n) is 10.8. The number of fused-ring (bicyclic) bond motifs is 2. The van der Waals surface area contributed by atoms with Gasteiger partial charge in [-0.3, -0.25) is 0 Å². The van der Waals surface area contributed by atoms with Crippen LogP contribution in [-0.2, 0) is 18.6 Å². The molecule has 0 spiro atoms. The van der Waals surface area contributed by atoms with Crippen LogP contribution in [0, 0.1) is 23.7 Å². The van der Waals surface area contributed by atoms with E-state index < -0.39 is 31.4 Å². The zero-order valence-corrected chi connectivity index (χ0v) is 19.1. The smallest absolute Gasteiger partial charge is 0.196 e. The molecule has 5 nitrogen and oxygen atoms in total. The van der Waals surface area contributed by atoms with E-state index in [1.807, 2.05) is 19.9 Å². The van der Waals surface area contributed by atoms with Gasteiger partial charge in [-0.1, -0.05) is 44.5 Å². The van der Waals surface area contributed by atoms with Crippen molar-refractivity contribution in [1.82, 2.24) is 0 Å². The minimum absolute atomic E-state index is 0.274. The second-order valence-electron chi connectivity index (χ2n) is 9.05. The quantitative estimate of drug-likeness (QED) is 0.410. The minimum Gasteiger partial charge on any atom is -0.406 e. The Hall–Kier alpha value is -1.12. The molecule has 5 atom stereocenters. The Balaban J connectivity index is 1.69. The summed E-state index contributed by atoms with van der Waals surface area (Å²) in [5.74, 6) is 12.6. The molecular formula is C23H32O5Si. The maximum atomic E-state index is 10.5. The number of ether oxygens (including phenoxy) is 3. The highest BCUT2D eigenvalue weighted by Crippen LogP contribution is 2.47. The summed E-state index contributed by atoms with van der Waals surface area (Å²) in [4.78, 5) is 0. The van der Waals surface area contributed by atoms with Crippen molar-refractivity contribution in [3.63, 3.8) is 0 Å². The van der Waals surface area contributed by atoms with Crippen molar-refractivity contribution >= 4 is 8.32 Å². The van der Waals surface area contributed by atoms with Crippen molar-refractivity contribution in [1.29, 1.82) is 0 Å². The fraction of sp³-hybridized carbons (Fsp3) is 0.739. The summed E-state index contributed by atoms with van der Waals surface area (Å²) in [6.45, 7) is 10.9. The van der Waals surface area contributed by atoms with E-state index in [-0.39, 0.29) is 12.2 Å². The summed E-state index contributed by atoms with van der Waals surface area (Å²) in [6, 6.07) is 3.14. The van der Waals surface area contributed by atoms with Crippen LogP contribution in [0.2, 0.25) is 18.1 Å². The third-order valence-corrected chi connectivity index (χ3v) is 11.6. The maximum Gasteiger partial charge on any atom is 0.196 e. The largest absolute Gasteiger partial charge is 0.406 e. The van der Waals surface area contributed by atoms with E-state index in [1.54, 1.807) is 0 Å². The first-order chi connectivity index (χ1) is 13.7. The average molecular weight is 417 g/mol. The molecule has 29 heavy (non-hydrogen) atoms. The van der Waals surface area contributed by atoms with Gasteiger partial charge in [0.1, 0.15) is 11.7 Å². The number of hydrogen-bond donors (Lipinski definition) is 1. The summed E-state index contributed by atoms with van der Waals surface area (Å²) >= 11 is 0. The van der Waals surface area contributed by atoms with Gasteiger partial charge in [-0.2, -0.15) is 0 Å². The lowest BCUT2D eigenvalue weighted by Gasteiger charge is -2.40. The van der Waals surface area contributed by atoms with Crippen molar-refractivity contribution in [2.45, 2.75) is 101 Å². The van der Waals surface area contributed by atoms with Crippen LogP contribution >= 0.6 is 0 Å². The topological polar surface area (TPSA) is 60.5 Å². The normalized spacial score (nSPS) is 39.5. The van der Waals surface area contributed by atoms with Crippen LogP contribution in [-0.4, -0.2) is 55.3 Å². The van der Waals surface area contributed by atoms with Gasteiger partial charge in [0.15, 0.2) is 25.8 Å². The molecule has 0 aromatic heterocycles. The number of hydrogen-bond acceptors (Lipinski definition) is 5. The summed E-state index contributed by atoms with van der Waals surface area (Å²) in [6.07, 6.45) is 1.79. The molecule has 2 heterocycles. The summed E-state index contributed by atoms with van der Waals surface area (Å²) in [7, 11) is -1.92. The highest BCUT2D eigenvalue weighted by Gasteiger charge is 2.64. The van der Waals surface area contributed by atoms with E-state index in [0.29, 0.717) is 19.4 Å². The molecule has 0 aromatic carbocycles. The fourth-order valence-corrected chi connectivity index (χ4v) is 7.78. The van der Waals surface area contributed by atoms with Crippen LogP contribution < -0.4 is 0 Å². The van der Waals surface area contributed by atoms with Crippen molar-refractivity contribution in [2.24, 2.45) is 0 Å². The molecule has 2 fully saturated rings. The predicted octanol–water partition coefficient (Wildman–Crippen LogP) is 3.14. The second-order valence-corrected chi connectivity index (χ2v) is 13.7. The van der Waals surface area contributed by atoms with Gasteiger partial charge >= 0.3 is 0 Å². The molecular weight excluding hydrogens is 384 g/mol. The van der Waals surface area contributed by atoms with Gasteiger partial charge in [-0.15, -0.1) is 0 Å². The van der Waals surface area contributed by atoms with E-state index in [9.17, 15) is 5.11 Å². The van der Waals surface area contributed by atoms with Crippen LogP contribution in [0.25, 0.3) is 0 Å². The molecule has 4 rings (SSSR count). The van der Waals surface area contributed by atoms with Crippen molar-refractivity contribution < 1.29 is 23.7 Å². The SMILES string of the molecule is CC[Si](CC)(CC)O[C@@]12CC#C[C@@H]3O[C@]3([C@@H]3COC(C)(C)O3)C#CC1=C[C@@H](O)C2. The summed E-state index contributed by atoms with van der Waals surface area (Å²) in [5, 5.41) is 10.5. The number of aliphatic hydroxyl groups excluding tert-OH is 1. The van der Waals surface area contributed by atoms with Gasteiger partial charge in [0, 0.05) is 18.4 Å². The van der Waals surface area contributed by atoms with Crippen LogP contribution in [0.15, 0.2) is 11.6 Å². The molecule has 0 aromatic rings. The Labute approximate surface area is 175 Å². The Bertz CT molecular complexity index is 815. The lowest BCUT2D eigenvalue weighted by atomic mass is 9.92. The van der Waals surface area contributed by atoms with Crippen LogP contribution in [0.3, 0.4) is 0 Å². The van der Waals surface area contributed by atoms with Crippen LogP contribution in [0.1, 0.15) is 47.5 Å². The molecule has 6 heteroatoms. The highest BCUT2D eigenvalue weighted by molar-refractivity contribution is 6.73. The van der Waals surface area contributed by atoms with Crippen molar-refractivity contribution in [3.05, 3.63) is 11.6 Å². The molecule has 0 saturated carbocycles. The van der Waals surface area contributed by atoms with E-state index in [1.165, 1.54) is 0 Å². The molecule has 2 saturated heterocycles. The first-order valence-corrected chi connectivity index (χ1v) is 13.4. The Morgan fingerprint density at radius 2 is 1.93 bits per heavy atom. The van der Waals surface area contributed by atoms with Gasteiger partial charge in [0.25, 0.3) is 0 Å². The lowest BCUT2D eigenvalue weighted by molar-refractivity contribution is -0.143. The molecule has 2 aliphatic heterocycles. The molecule has 4 aliphatic rings. The zero-order valence-electron chi connectivity index (χ0n) is 18.1. The number of rotatable bonds is 6. The second kappa shape index (κ2) is 7.23. The monoisotopic (exact) mass is 416 g/mol. The van der Waals surface area contributed by atoms with Crippen molar-refractivity contribution in [3.8, 4) is 23.7 Å². The molecule has 1 N–H and O–H groups in total. The summed E-state index contributed by atoms with van der Waals surface area (Å²) < 4.78 is 24.7. The molecule has 0 radical (unpaired) electrons. The Morgan fingerprint density at radius 1 is 1.21 bits per heavy atom. The van der Waals surface area contributed by atoms with Gasteiger partial charge < -0.3 is 23.7 Å². The van der Waals surface area contributed by atoms with Crippen molar-refractivity contribution in [2.75, 3.05) is 6.61 Å². The zero-order chi connectivity index (χ0) is 20.9. The lowest BCUT2D eigenvalue weighted by Crippen LogP contribution is -2.47. The standard InChI is InChI=1S/C23H32O5Si/c1-6-29(7-2,8-3)28-22-12-9-10-19-23(27-19,20-16-25-21(4,5)26-20)13-11-17(22)14-18(24)15-22/h14,18-20,24H,6-8,12,15-16H2,1-5H3/t18-,19+,20+,22-,23-/m1/s1. The number of aliphatic hydroxyl groups is 1. The fourth-order valence-electron chi connectivity index (χ4n) is 4.76. The van der Waals surface area contributed by atoms with E-state index in [4.69, 9.17) is 18.6 Å². The third kappa shape index (κ3) is 3.61. The average Bonchev–Trinajstić information content (AvgIpc) is 3.10. The van der Waals surface area contributed by atoms with Gasteiger partial charge in [-0.05, 0) is 38.1 Å².